The number of nitrogens with zero attached hydrogens (tertiary/aromatic N) is 1. The molecule has 1 fully saturated rings. The van der Waals surface area contributed by atoms with Gasteiger partial charge >= 0.3 is 0 Å². The van der Waals surface area contributed by atoms with E-state index >= 15 is 0 Å². The standard InChI is InChI=1S/C19H30N2O4S/c1-5-7-15(3)20-19(22)16-8-6-11-21(13-16)26(23,24)18-12-14(2)9-10-17(18)25-4/h9-10,12,15-16H,5-8,11,13H2,1-4H3,(H,20,22)/t15-,16-/m0/s1. The Hall–Kier alpha value is -1.60. The summed E-state index contributed by atoms with van der Waals surface area (Å²) in [6.07, 6.45) is 3.30. The summed E-state index contributed by atoms with van der Waals surface area (Å²) in [7, 11) is -2.24. The van der Waals surface area contributed by atoms with Crippen LogP contribution in [0.3, 0.4) is 0 Å². The third kappa shape index (κ3) is 4.76. The van der Waals surface area contributed by atoms with Crippen LogP contribution in [0.4, 0.5) is 0 Å². The zero-order chi connectivity index (χ0) is 19.3. The molecule has 1 N–H and O–H groups in total. The first-order valence-corrected chi connectivity index (χ1v) is 10.7. The molecule has 1 aliphatic rings. The van der Waals surface area contributed by atoms with Crippen LogP contribution in [-0.2, 0) is 14.8 Å². The highest BCUT2D eigenvalue weighted by Crippen LogP contribution is 2.30. The molecule has 0 unspecified atom stereocenters. The molecule has 7 heteroatoms. The van der Waals surface area contributed by atoms with Gasteiger partial charge < -0.3 is 10.1 Å². The van der Waals surface area contributed by atoms with Gasteiger partial charge in [-0.05, 0) is 50.8 Å². The number of piperidine rings is 1. The molecule has 1 heterocycles. The summed E-state index contributed by atoms with van der Waals surface area (Å²) in [5.41, 5.74) is 0.851. The number of sulfonamides is 1. The maximum absolute atomic E-state index is 13.1. The van der Waals surface area contributed by atoms with Crippen LogP contribution in [0.25, 0.3) is 0 Å². The second-order valence-corrected chi connectivity index (χ2v) is 8.96. The fourth-order valence-corrected chi connectivity index (χ4v) is 5.13. The number of aryl methyl sites for hydroxylation is 1. The van der Waals surface area contributed by atoms with Crippen LogP contribution in [0.5, 0.6) is 5.75 Å². The Bertz CT molecular complexity index is 733. The molecule has 1 aliphatic heterocycles. The van der Waals surface area contributed by atoms with Crippen molar-refractivity contribution in [1.29, 1.82) is 0 Å². The fourth-order valence-electron chi connectivity index (χ4n) is 3.37. The number of ether oxygens (including phenoxy) is 1. The van der Waals surface area contributed by atoms with Gasteiger partial charge in [0.25, 0.3) is 0 Å². The first-order chi connectivity index (χ1) is 12.3. The normalized spacial score (nSPS) is 19.8. The second kappa shape index (κ2) is 8.86. The minimum Gasteiger partial charge on any atom is -0.495 e. The minimum atomic E-state index is -3.70. The van der Waals surface area contributed by atoms with Gasteiger partial charge in [-0.2, -0.15) is 4.31 Å². The lowest BCUT2D eigenvalue weighted by atomic mass is 9.98. The Kier molecular flexibility index (Phi) is 7.06. The molecule has 1 aromatic rings. The van der Waals surface area contributed by atoms with E-state index in [1.54, 1.807) is 12.1 Å². The minimum absolute atomic E-state index is 0.0537. The molecule has 0 spiro atoms. The molecule has 0 radical (unpaired) electrons. The Morgan fingerprint density at radius 2 is 2.15 bits per heavy atom. The van der Waals surface area contributed by atoms with Crippen LogP contribution in [0.15, 0.2) is 23.1 Å². The van der Waals surface area contributed by atoms with E-state index in [9.17, 15) is 13.2 Å². The Labute approximate surface area is 157 Å². The first kappa shape index (κ1) is 20.7. The quantitative estimate of drug-likeness (QED) is 0.787. The largest absolute Gasteiger partial charge is 0.495 e. The fraction of sp³-hybridized carbons (Fsp3) is 0.632. The van der Waals surface area contributed by atoms with Gasteiger partial charge in [0.05, 0.1) is 13.0 Å². The van der Waals surface area contributed by atoms with E-state index in [0.717, 1.165) is 18.4 Å². The van der Waals surface area contributed by atoms with Crippen molar-refractivity contribution >= 4 is 15.9 Å². The number of carbonyl (C=O) groups excluding carboxylic acids is 1. The van der Waals surface area contributed by atoms with Crippen molar-refractivity contribution in [3.63, 3.8) is 0 Å². The van der Waals surface area contributed by atoms with Crippen molar-refractivity contribution in [1.82, 2.24) is 9.62 Å². The average Bonchev–Trinajstić information content (AvgIpc) is 2.62. The number of amides is 1. The molecule has 1 aromatic carbocycles. The Morgan fingerprint density at radius 1 is 1.42 bits per heavy atom. The molecule has 6 nitrogen and oxygen atoms in total. The van der Waals surface area contributed by atoms with Crippen LogP contribution in [-0.4, -0.2) is 44.9 Å². The lowest BCUT2D eigenvalue weighted by molar-refractivity contribution is -0.126. The van der Waals surface area contributed by atoms with Crippen molar-refractivity contribution in [3.05, 3.63) is 23.8 Å². The van der Waals surface area contributed by atoms with E-state index in [1.165, 1.54) is 11.4 Å². The summed E-state index contributed by atoms with van der Waals surface area (Å²) in [6, 6.07) is 5.22. The highest BCUT2D eigenvalue weighted by Gasteiger charge is 2.35. The van der Waals surface area contributed by atoms with Crippen LogP contribution >= 0.6 is 0 Å². The Morgan fingerprint density at radius 3 is 2.81 bits per heavy atom. The lowest BCUT2D eigenvalue weighted by Crippen LogP contribution is -2.47. The highest BCUT2D eigenvalue weighted by molar-refractivity contribution is 7.89. The number of carbonyl (C=O) groups is 1. The predicted molar refractivity (Wildman–Crippen MR) is 102 cm³/mol. The summed E-state index contributed by atoms with van der Waals surface area (Å²) in [4.78, 5) is 12.7. The molecule has 1 amide bonds. The zero-order valence-corrected chi connectivity index (χ0v) is 16.9. The van der Waals surface area contributed by atoms with E-state index in [4.69, 9.17) is 4.74 Å². The van der Waals surface area contributed by atoms with Crippen LogP contribution in [0, 0.1) is 12.8 Å². The van der Waals surface area contributed by atoms with Gasteiger partial charge in [0.15, 0.2) is 0 Å². The number of hydrogen-bond donors (Lipinski definition) is 1. The molecule has 2 atom stereocenters. The number of benzene rings is 1. The SMILES string of the molecule is CCC[C@H](C)NC(=O)[C@H]1CCCN(S(=O)(=O)c2cc(C)ccc2OC)C1. The monoisotopic (exact) mass is 382 g/mol. The van der Waals surface area contributed by atoms with E-state index in [0.29, 0.717) is 25.1 Å². The molecular formula is C19H30N2O4S. The molecule has 0 aliphatic carbocycles. The molecular weight excluding hydrogens is 352 g/mol. The van der Waals surface area contributed by atoms with Gasteiger partial charge in [-0.1, -0.05) is 19.4 Å². The summed E-state index contributed by atoms with van der Waals surface area (Å²) < 4.78 is 32.9. The molecule has 0 bridgehead atoms. The average molecular weight is 383 g/mol. The van der Waals surface area contributed by atoms with Crippen LogP contribution < -0.4 is 10.1 Å². The lowest BCUT2D eigenvalue weighted by Gasteiger charge is -2.32. The van der Waals surface area contributed by atoms with E-state index in [1.807, 2.05) is 19.9 Å². The summed E-state index contributed by atoms with van der Waals surface area (Å²) >= 11 is 0. The topological polar surface area (TPSA) is 75.7 Å². The molecule has 0 aromatic heterocycles. The van der Waals surface area contributed by atoms with E-state index in [-0.39, 0.29) is 29.3 Å². The van der Waals surface area contributed by atoms with Crippen molar-refractivity contribution < 1.29 is 17.9 Å². The number of methoxy groups -OCH3 is 1. The highest BCUT2D eigenvalue weighted by atomic mass is 32.2. The molecule has 26 heavy (non-hydrogen) atoms. The third-order valence-electron chi connectivity index (χ3n) is 4.80. The van der Waals surface area contributed by atoms with Gasteiger partial charge in [0.2, 0.25) is 15.9 Å². The van der Waals surface area contributed by atoms with Crippen molar-refractivity contribution in [3.8, 4) is 5.75 Å². The van der Waals surface area contributed by atoms with Crippen LogP contribution in [0.1, 0.15) is 45.1 Å². The number of nitrogens with one attached hydrogen (secondary N) is 1. The summed E-state index contributed by atoms with van der Waals surface area (Å²) in [5, 5.41) is 3.01. The molecule has 1 saturated heterocycles. The molecule has 146 valence electrons. The van der Waals surface area contributed by atoms with Gasteiger partial charge in [0.1, 0.15) is 10.6 Å². The van der Waals surface area contributed by atoms with Gasteiger partial charge in [-0.3, -0.25) is 4.79 Å². The van der Waals surface area contributed by atoms with Crippen molar-refractivity contribution in [2.24, 2.45) is 5.92 Å². The van der Waals surface area contributed by atoms with Gasteiger partial charge in [0, 0.05) is 19.1 Å². The van der Waals surface area contributed by atoms with E-state index in [2.05, 4.69) is 12.2 Å². The number of hydrogen-bond acceptors (Lipinski definition) is 4. The smallest absolute Gasteiger partial charge is 0.246 e. The van der Waals surface area contributed by atoms with Gasteiger partial charge in [-0.25, -0.2) is 8.42 Å². The third-order valence-corrected chi connectivity index (χ3v) is 6.69. The maximum Gasteiger partial charge on any atom is 0.246 e. The van der Waals surface area contributed by atoms with Crippen molar-refractivity contribution in [2.75, 3.05) is 20.2 Å². The Balaban J connectivity index is 2.18. The van der Waals surface area contributed by atoms with Crippen LogP contribution in [0.2, 0.25) is 0 Å². The number of rotatable bonds is 7. The van der Waals surface area contributed by atoms with Crippen molar-refractivity contribution in [2.45, 2.75) is 57.4 Å². The van der Waals surface area contributed by atoms with E-state index < -0.39 is 10.0 Å². The summed E-state index contributed by atoms with van der Waals surface area (Å²) in [6.45, 7) is 6.54. The van der Waals surface area contributed by atoms with Gasteiger partial charge in [-0.15, -0.1) is 0 Å². The summed E-state index contributed by atoms with van der Waals surface area (Å²) in [5.74, 6) is -0.0329. The maximum atomic E-state index is 13.1. The molecule has 2 rings (SSSR count). The zero-order valence-electron chi connectivity index (χ0n) is 16.1. The first-order valence-electron chi connectivity index (χ1n) is 9.24. The second-order valence-electron chi connectivity index (χ2n) is 7.05. The molecule has 0 saturated carbocycles. The predicted octanol–water partition coefficient (Wildman–Crippen LogP) is 2.71.